The van der Waals surface area contributed by atoms with Crippen molar-refractivity contribution in [3.63, 3.8) is 0 Å². The number of hydrogen-bond acceptors (Lipinski definition) is 6. The van der Waals surface area contributed by atoms with Crippen LogP contribution in [0.15, 0.2) is 48.7 Å². The Bertz CT molecular complexity index is 1050. The van der Waals surface area contributed by atoms with Crippen molar-refractivity contribution in [2.75, 3.05) is 19.5 Å². The fraction of sp³-hybridized carbons (Fsp3) is 0.227. The van der Waals surface area contributed by atoms with E-state index in [0.717, 1.165) is 5.56 Å². The van der Waals surface area contributed by atoms with Crippen LogP contribution in [0.5, 0.6) is 11.5 Å². The molecule has 0 spiro atoms. The maximum atomic E-state index is 13.1. The second-order valence-electron chi connectivity index (χ2n) is 6.82. The molecule has 0 radical (unpaired) electrons. The zero-order valence-electron chi connectivity index (χ0n) is 16.1. The van der Waals surface area contributed by atoms with Crippen molar-refractivity contribution in [3.05, 3.63) is 71.3 Å². The van der Waals surface area contributed by atoms with Crippen LogP contribution < -0.4 is 14.8 Å². The van der Waals surface area contributed by atoms with E-state index in [1.54, 1.807) is 32.5 Å². The van der Waals surface area contributed by atoms with Gasteiger partial charge in [0.1, 0.15) is 17.3 Å². The van der Waals surface area contributed by atoms with E-state index in [1.807, 2.05) is 18.2 Å². The molecule has 0 saturated heterocycles. The summed E-state index contributed by atoms with van der Waals surface area (Å²) in [4.78, 5) is 21.5. The lowest BCUT2D eigenvalue weighted by Crippen LogP contribution is -2.21. The SMILES string of the molecule is COc1ccc([C@H]2CC(=O)c3cnc(Nc4ccc(F)cc4)nc3C2)c(OC)c1. The summed E-state index contributed by atoms with van der Waals surface area (Å²) in [5.74, 6) is 1.38. The molecule has 1 aliphatic rings. The number of ether oxygens (including phenoxy) is 2. The van der Waals surface area contributed by atoms with Gasteiger partial charge in [0.05, 0.1) is 25.5 Å². The highest BCUT2D eigenvalue weighted by molar-refractivity contribution is 5.98. The molecule has 7 heteroatoms. The van der Waals surface area contributed by atoms with Crippen molar-refractivity contribution < 1.29 is 18.7 Å². The Morgan fingerprint density at radius 2 is 1.86 bits per heavy atom. The molecule has 0 unspecified atom stereocenters. The van der Waals surface area contributed by atoms with Crippen LogP contribution in [-0.2, 0) is 6.42 Å². The number of nitrogens with one attached hydrogen (secondary N) is 1. The van der Waals surface area contributed by atoms with Crippen molar-refractivity contribution in [3.8, 4) is 11.5 Å². The normalized spacial score (nSPS) is 15.6. The molecule has 1 N–H and O–H groups in total. The summed E-state index contributed by atoms with van der Waals surface area (Å²) >= 11 is 0. The molecule has 3 aromatic rings. The van der Waals surface area contributed by atoms with Crippen LogP contribution in [0.2, 0.25) is 0 Å². The molecule has 0 amide bonds. The van der Waals surface area contributed by atoms with E-state index in [-0.39, 0.29) is 17.5 Å². The second-order valence-corrected chi connectivity index (χ2v) is 6.82. The molecular formula is C22H20FN3O3. The average Bonchev–Trinajstić information content (AvgIpc) is 2.74. The molecule has 0 saturated carbocycles. The highest BCUT2D eigenvalue weighted by Crippen LogP contribution is 2.38. The maximum absolute atomic E-state index is 13.1. The summed E-state index contributed by atoms with van der Waals surface area (Å²) in [5.41, 5.74) is 2.84. The Labute approximate surface area is 167 Å². The van der Waals surface area contributed by atoms with Crippen molar-refractivity contribution in [1.29, 1.82) is 0 Å². The molecule has 0 aliphatic heterocycles. The zero-order valence-corrected chi connectivity index (χ0v) is 16.1. The molecule has 1 atom stereocenters. The quantitative estimate of drug-likeness (QED) is 0.697. The Morgan fingerprint density at radius 1 is 1.07 bits per heavy atom. The number of carbonyl (C=O) groups is 1. The summed E-state index contributed by atoms with van der Waals surface area (Å²) in [6, 6.07) is 11.5. The first-order valence-corrected chi connectivity index (χ1v) is 9.21. The van der Waals surface area contributed by atoms with Gasteiger partial charge in [-0.15, -0.1) is 0 Å². The Hall–Kier alpha value is -3.48. The Kier molecular flexibility index (Phi) is 5.12. The molecule has 0 fully saturated rings. The standard InChI is InChI=1S/C22H20FN3O3/c1-28-16-7-8-17(21(11-16)29-2)13-9-19-18(20(27)10-13)12-24-22(26-19)25-15-5-3-14(23)4-6-15/h3-8,11-13H,9-10H2,1-2H3,(H,24,25,26)/t13-/m1/s1. The predicted octanol–water partition coefficient (Wildman–Crippen LogP) is 4.29. The predicted molar refractivity (Wildman–Crippen MR) is 107 cm³/mol. The van der Waals surface area contributed by atoms with Crippen LogP contribution in [0.4, 0.5) is 16.0 Å². The number of halogens is 1. The van der Waals surface area contributed by atoms with Crippen molar-refractivity contribution in [2.24, 2.45) is 0 Å². The Balaban J connectivity index is 1.62. The fourth-order valence-electron chi connectivity index (χ4n) is 3.54. The zero-order chi connectivity index (χ0) is 20.4. The summed E-state index contributed by atoms with van der Waals surface area (Å²) in [5, 5.41) is 3.05. The molecule has 1 heterocycles. The van der Waals surface area contributed by atoms with E-state index in [2.05, 4.69) is 15.3 Å². The van der Waals surface area contributed by atoms with Crippen LogP contribution in [0.1, 0.15) is 34.0 Å². The molecule has 29 heavy (non-hydrogen) atoms. The van der Waals surface area contributed by atoms with Crippen LogP contribution in [0.3, 0.4) is 0 Å². The number of nitrogens with zero attached hydrogens (tertiary/aromatic N) is 2. The topological polar surface area (TPSA) is 73.3 Å². The summed E-state index contributed by atoms with van der Waals surface area (Å²) in [6.07, 6.45) is 2.51. The molecule has 4 rings (SSSR count). The number of rotatable bonds is 5. The van der Waals surface area contributed by atoms with E-state index < -0.39 is 0 Å². The smallest absolute Gasteiger partial charge is 0.227 e. The van der Waals surface area contributed by atoms with Gasteiger partial charge in [-0.2, -0.15) is 0 Å². The first-order chi connectivity index (χ1) is 14.1. The average molecular weight is 393 g/mol. The van der Waals surface area contributed by atoms with E-state index in [9.17, 15) is 9.18 Å². The Morgan fingerprint density at radius 3 is 2.59 bits per heavy atom. The second kappa shape index (κ2) is 7.87. The highest BCUT2D eigenvalue weighted by atomic mass is 19.1. The lowest BCUT2D eigenvalue weighted by molar-refractivity contribution is 0.0962. The van der Waals surface area contributed by atoms with Crippen LogP contribution >= 0.6 is 0 Å². The number of anilines is 2. The summed E-state index contributed by atoms with van der Waals surface area (Å²) in [7, 11) is 3.20. The third-order valence-electron chi connectivity index (χ3n) is 5.02. The van der Waals surface area contributed by atoms with Gasteiger partial charge >= 0.3 is 0 Å². The highest BCUT2D eigenvalue weighted by Gasteiger charge is 2.30. The van der Waals surface area contributed by atoms with Gasteiger partial charge < -0.3 is 14.8 Å². The number of benzene rings is 2. The van der Waals surface area contributed by atoms with Crippen molar-refractivity contribution in [1.82, 2.24) is 9.97 Å². The van der Waals surface area contributed by atoms with Crippen molar-refractivity contribution >= 4 is 17.4 Å². The molecule has 148 valence electrons. The monoisotopic (exact) mass is 393 g/mol. The first kappa shape index (κ1) is 18.9. The van der Waals surface area contributed by atoms with Gasteiger partial charge in [0.25, 0.3) is 0 Å². The minimum Gasteiger partial charge on any atom is -0.497 e. The summed E-state index contributed by atoms with van der Waals surface area (Å²) < 4.78 is 23.9. The summed E-state index contributed by atoms with van der Waals surface area (Å²) in [6.45, 7) is 0. The largest absolute Gasteiger partial charge is 0.497 e. The molecule has 1 aromatic heterocycles. The molecule has 0 bridgehead atoms. The van der Waals surface area contributed by atoms with Gasteiger partial charge in [-0.05, 0) is 42.3 Å². The third kappa shape index (κ3) is 3.89. The minimum atomic E-state index is -0.316. The van der Waals surface area contributed by atoms with Gasteiger partial charge in [0.2, 0.25) is 5.95 Å². The number of Topliss-reactive ketones (excluding diaryl/α,β-unsaturated/α-hetero) is 1. The third-order valence-corrected chi connectivity index (χ3v) is 5.02. The molecular weight excluding hydrogens is 373 g/mol. The number of aromatic nitrogens is 2. The number of carbonyl (C=O) groups excluding carboxylic acids is 1. The van der Waals surface area contributed by atoms with E-state index in [4.69, 9.17) is 9.47 Å². The molecule has 1 aliphatic carbocycles. The first-order valence-electron chi connectivity index (χ1n) is 9.21. The van der Waals surface area contributed by atoms with Crippen molar-refractivity contribution in [2.45, 2.75) is 18.8 Å². The van der Waals surface area contributed by atoms with Gasteiger partial charge in [-0.1, -0.05) is 6.07 Å². The lowest BCUT2D eigenvalue weighted by Gasteiger charge is -2.25. The van der Waals surface area contributed by atoms with Gasteiger partial charge in [0.15, 0.2) is 5.78 Å². The van der Waals surface area contributed by atoms with Crippen LogP contribution in [-0.4, -0.2) is 30.0 Å². The number of methoxy groups -OCH3 is 2. The van der Waals surface area contributed by atoms with E-state index >= 15 is 0 Å². The molecule has 2 aromatic carbocycles. The fourth-order valence-corrected chi connectivity index (χ4v) is 3.54. The van der Waals surface area contributed by atoms with E-state index in [1.165, 1.54) is 12.1 Å². The van der Waals surface area contributed by atoms with E-state index in [0.29, 0.717) is 47.2 Å². The number of fused-ring (bicyclic) bond motifs is 1. The van der Waals surface area contributed by atoms with Crippen LogP contribution in [0, 0.1) is 5.82 Å². The number of hydrogen-bond donors (Lipinski definition) is 1. The molecule has 6 nitrogen and oxygen atoms in total. The minimum absolute atomic E-state index is 0.00227. The lowest BCUT2D eigenvalue weighted by atomic mass is 9.82. The van der Waals surface area contributed by atoms with Crippen LogP contribution in [0.25, 0.3) is 0 Å². The maximum Gasteiger partial charge on any atom is 0.227 e. The van der Waals surface area contributed by atoms with Gasteiger partial charge in [-0.3, -0.25) is 4.79 Å². The van der Waals surface area contributed by atoms with Gasteiger partial charge in [-0.25, -0.2) is 14.4 Å². The number of ketones is 1. The van der Waals surface area contributed by atoms with Gasteiger partial charge in [0, 0.05) is 30.3 Å².